The fourth-order valence-corrected chi connectivity index (χ4v) is 3.93. The second-order valence-electron chi connectivity index (χ2n) is 8.20. The Morgan fingerprint density at radius 2 is 2.03 bits per heavy atom. The molecule has 3 aromatic heterocycles. The van der Waals surface area contributed by atoms with Crippen molar-refractivity contribution in [1.82, 2.24) is 24.5 Å². The zero-order valence-electron chi connectivity index (χ0n) is 17.6. The maximum absolute atomic E-state index is 15.3. The third-order valence-corrected chi connectivity index (χ3v) is 5.74. The van der Waals surface area contributed by atoms with Crippen molar-refractivity contribution >= 4 is 34.2 Å². The van der Waals surface area contributed by atoms with Crippen LogP contribution in [0.25, 0.3) is 27.7 Å². The number of nitrogens with one attached hydrogen (secondary N) is 2. The first-order valence-electron chi connectivity index (χ1n) is 10.1. The molecule has 0 spiro atoms. The molecule has 2 amide bonds. The van der Waals surface area contributed by atoms with Crippen molar-refractivity contribution in [1.29, 1.82) is 0 Å². The van der Waals surface area contributed by atoms with Gasteiger partial charge in [0.25, 0.3) is 5.91 Å². The standard InChI is InChI=1S/C22H20F2N6O2/c1-10-17(13-7-25-28-20(13)18(19(10)24)22(32)29(2)3)11-4-5-16-26-15(9-30(16)8-11)27-21(31)12-6-14(12)23/h4-5,7-9,12,14H,6H2,1-3H3,(H,25,28)(H,27,31)/t12-,14+/m1/s1. The van der Waals surface area contributed by atoms with Crippen molar-refractivity contribution < 1.29 is 18.4 Å². The van der Waals surface area contributed by atoms with Crippen LogP contribution in [-0.2, 0) is 4.79 Å². The number of amides is 2. The van der Waals surface area contributed by atoms with Crippen LogP contribution in [-0.4, -0.2) is 56.6 Å². The van der Waals surface area contributed by atoms with E-state index in [9.17, 15) is 14.0 Å². The highest BCUT2D eigenvalue weighted by molar-refractivity contribution is 6.10. The van der Waals surface area contributed by atoms with Crippen LogP contribution in [0.3, 0.4) is 0 Å². The monoisotopic (exact) mass is 438 g/mol. The molecule has 164 valence electrons. The third kappa shape index (κ3) is 3.10. The average Bonchev–Trinajstić information content (AvgIpc) is 3.11. The minimum absolute atomic E-state index is 0.0521. The molecule has 32 heavy (non-hydrogen) atoms. The van der Waals surface area contributed by atoms with Crippen LogP contribution in [0.1, 0.15) is 22.3 Å². The Kier molecular flexibility index (Phi) is 4.47. The number of hydrogen-bond acceptors (Lipinski definition) is 4. The van der Waals surface area contributed by atoms with Gasteiger partial charge in [-0.2, -0.15) is 5.10 Å². The summed E-state index contributed by atoms with van der Waals surface area (Å²) in [5, 5.41) is 10.0. The van der Waals surface area contributed by atoms with E-state index in [0.29, 0.717) is 39.1 Å². The van der Waals surface area contributed by atoms with Crippen molar-refractivity contribution in [3.63, 3.8) is 0 Å². The quantitative estimate of drug-likeness (QED) is 0.511. The molecule has 2 N–H and O–H groups in total. The molecule has 1 aromatic carbocycles. The van der Waals surface area contributed by atoms with Gasteiger partial charge in [0.15, 0.2) is 5.82 Å². The number of carbonyl (C=O) groups is 2. The molecule has 1 saturated carbocycles. The van der Waals surface area contributed by atoms with E-state index >= 15 is 4.39 Å². The van der Waals surface area contributed by atoms with Crippen LogP contribution in [0, 0.1) is 18.7 Å². The number of imidazole rings is 1. The second kappa shape index (κ2) is 7.11. The molecule has 0 unspecified atom stereocenters. The number of halogens is 2. The van der Waals surface area contributed by atoms with Crippen molar-refractivity contribution in [2.24, 2.45) is 5.92 Å². The topological polar surface area (TPSA) is 95.4 Å². The first kappa shape index (κ1) is 20.1. The molecule has 0 saturated heterocycles. The van der Waals surface area contributed by atoms with E-state index in [1.54, 1.807) is 56.1 Å². The summed E-state index contributed by atoms with van der Waals surface area (Å²) in [6, 6.07) is 3.52. The van der Waals surface area contributed by atoms with Gasteiger partial charge >= 0.3 is 0 Å². The predicted octanol–water partition coefficient (Wildman–Crippen LogP) is 3.32. The highest BCUT2D eigenvalue weighted by Crippen LogP contribution is 2.37. The molecule has 5 rings (SSSR count). The van der Waals surface area contributed by atoms with E-state index in [1.165, 1.54) is 4.90 Å². The fourth-order valence-electron chi connectivity index (χ4n) is 3.93. The number of aromatic amines is 1. The molecule has 8 nitrogen and oxygen atoms in total. The van der Waals surface area contributed by atoms with Gasteiger partial charge in [-0.1, -0.05) is 0 Å². The lowest BCUT2D eigenvalue weighted by molar-refractivity contribution is -0.117. The van der Waals surface area contributed by atoms with Crippen molar-refractivity contribution in [3.05, 3.63) is 47.7 Å². The van der Waals surface area contributed by atoms with Crippen LogP contribution in [0.2, 0.25) is 0 Å². The molecular weight excluding hydrogens is 418 g/mol. The lowest BCUT2D eigenvalue weighted by atomic mass is 9.94. The smallest absolute Gasteiger partial charge is 0.258 e. The average molecular weight is 438 g/mol. The highest BCUT2D eigenvalue weighted by Gasteiger charge is 2.43. The number of nitrogens with zero attached hydrogens (tertiary/aromatic N) is 4. The Morgan fingerprint density at radius 1 is 1.28 bits per heavy atom. The molecular formula is C22H20F2N6O2. The summed E-state index contributed by atoms with van der Waals surface area (Å²) in [6.45, 7) is 1.62. The summed E-state index contributed by atoms with van der Waals surface area (Å²) < 4.78 is 30.2. The Labute approximate surface area is 181 Å². The largest absolute Gasteiger partial charge is 0.345 e. The molecule has 0 radical (unpaired) electrons. The van der Waals surface area contributed by atoms with Gasteiger partial charge in [0, 0.05) is 31.2 Å². The first-order chi connectivity index (χ1) is 15.3. The zero-order chi connectivity index (χ0) is 22.7. The number of anilines is 1. The van der Waals surface area contributed by atoms with Gasteiger partial charge in [-0.05, 0) is 36.6 Å². The van der Waals surface area contributed by atoms with Gasteiger partial charge in [0.05, 0.1) is 23.8 Å². The minimum atomic E-state index is -1.09. The summed E-state index contributed by atoms with van der Waals surface area (Å²) in [7, 11) is 3.13. The fraction of sp³-hybridized carbons (Fsp3) is 0.273. The van der Waals surface area contributed by atoms with Crippen LogP contribution in [0.5, 0.6) is 0 Å². The normalized spacial score (nSPS) is 17.7. The molecule has 0 aliphatic heterocycles. The lowest BCUT2D eigenvalue weighted by Gasteiger charge is -2.16. The van der Waals surface area contributed by atoms with E-state index in [4.69, 9.17) is 0 Å². The number of carbonyl (C=O) groups excluding carboxylic acids is 2. The molecule has 1 fully saturated rings. The summed E-state index contributed by atoms with van der Waals surface area (Å²) >= 11 is 0. The molecule has 4 aromatic rings. The zero-order valence-corrected chi connectivity index (χ0v) is 17.6. The SMILES string of the molecule is Cc1c(F)c(C(=O)N(C)C)c2[nH]ncc2c1-c1ccc2nc(NC(=O)[C@@H]3C[C@@H]3F)cn2c1. The van der Waals surface area contributed by atoms with E-state index in [0.717, 1.165) is 0 Å². The minimum Gasteiger partial charge on any atom is -0.345 e. The van der Waals surface area contributed by atoms with Crippen LogP contribution < -0.4 is 5.32 Å². The lowest BCUT2D eigenvalue weighted by Crippen LogP contribution is -2.23. The predicted molar refractivity (Wildman–Crippen MR) is 115 cm³/mol. The number of fused-ring (bicyclic) bond motifs is 2. The highest BCUT2D eigenvalue weighted by atomic mass is 19.1. The van der Waals surface area contributed by atoms with Crippen molar-refractivity contribution in [2.75, 3.05) is 19.4 Å². The van der Waals surface area contributed by atoms with E-state index in [1.807, 2.05) is 0 Å². The summed E-state index contributed by atoms with van der Waals surface area (Å²) in [5.41, 5.74) is 2.44. The van der Waals surface area contributed by atoms with Gasteiger partial charge in [-0.25, -0.2) is 13.8 Å². The Bertz CT molecular complexity index is 1410. The third-order valence-electron chi connectivity index (χ3n) is 5.74. The van der Waals surface area contributed by atoms with Gasteiger partial charge in [-0.3, -0.25) is 14.7 Å². The molecule has 3 heterocycles. The second-order valence-corrected chi connectivity index (χ2v) is 8.20. The van der Waals surface area contributed by atoms with Crippen LogP contribution in [0.4, 0.5) is 14.6 Å². The first-order valence-corrected chi connectivity index (χ1v) is 10.1. The molecule has 10 heteroatoms. The Balaban J connectivity index is 1.59. The van der Waals surface area contributed by atoms with E-state index in [-0.39, 0.29) is 17.9 Å². The van der Waals surface area contributed by atoms with Crippen LogP contribution in [0.15, 0.2) is 30.7 Å². The molecule has 1 aliphatic carbocycles. The number of aromatic nitrogens is 4. The van der Waals surface area contributed by atoms with Gasteiger partial charge in [0.1, 0.15) is 23.2 Å². The number of alkyl halides is 1. The summed E-state index contributed by atoms with van der Waals surface area (Å²) in [4.78, 5) is 30.2. The number of rotatable bonds is 4. The summed E-state index contributed by atoms with van der Waals surface area (Å²) in [5.74, 6) is -1.75. The summed E-state index contributed by atoms with van der Waals surface area (Å²) in [6.07, 6.45) is 4.09. The van der Waals surface area contributed by atoms with E-state index < -0.39 is 23.8 Å². The Morgan fingerprint density at radius 3 is 2.72 bits per heavy atom. The van der Waals surface area contributed by atoms with Crippen LogP contribution >= 0.6 is 0 Å². The number of pyridine rings is 1. The maximum Gasteiger partial charge on any atom is 0.258 e. The van der Waals surface area contributed by atoms with Crippen molar-refractivity contribution in [2.45, 2.75) is 19.5 Å². The van der Waals surface area contributed by atoms with Gasteiger partial charge < -0.3 is 14.6 Å². The molecule has 2 atom stereocenters. The Hall–Kier alpha value is -3.82. The molecule has 0 bridgehead atoms. The maximum atomic E-state index is 15.3. The number of benzene rings is 1. The number of H-pyrrole nitrogens is 1. The molecule has 1 aliphatic rings. The van der Waals surface area contributed by atoms with Gasteiger partial charge in [0.2, 0.25) is 5.91 Å². The van der Waals surface area contributed by atoms with Crippen molar-refractivity contribution in [3.8, 4) is 11.1 Å². The van der Waals surface area contributed by atoms with E-state index in [2.05, 4.69) is 20.5 Å². The number of hydrogen-bond donors (Lipinski definition) is 2. The van der Waals surface area contributed by atoms with Gasteiger partial charge in [-0.15, -0.1) is 0 Å².